The zero-order chi connectivity index (χ0) is 9.26. The lowest BCUT2D eigenvalue weighted by molar-refractivity contribution is -0.148. The topological polar surface area (TPSA) is 38.3 Å². The molecule has 1 saturated heterocycles. The Balaban J connectivity index is 1.96. The van der Waals surface area contributed by atoms with Crippen molar-refractivity contribution < 1.29 is 9.53 Å². The summed E-state index contributed by atoms with van der Waals surface area (Å²) in [6, 6.07) is 0.592. The number of ether oxygens (including phenoxy) is 1. The Bertz CT molecular complexity index is 205. The number of esters is 1. The molecule has 1 heterocycles. The van der Waals surface area contributed by atoms with E-state index in [1.165, 1.54) is 19.3 Å². The number of carbonyl (C=O) groups is 1. The standard InChI is InChI=1S/C10H17NO2/c1-2-13-10(12)8-6-11-9-5-3-4-7(8)9/h7-9,11H,2-6H2,1H3. The van der Waals surface area contributed by atoms with Crippen molar-refractivity contribution in [3.05, 3.63) is 0 Å². The van der Waals surface area contributed by atoms with E-state index >= 15 is 0 Å². The summed E-state index contributed by atoms with van der Waals surface area (Å²) in [5, 5.41) is 3.41. The fourth-order valence-corrected chi connectivity index (χ4v) is 2.66. The number of nitrogens with one attached hydrogen (secondary N) is 1. The van der Waals surface area contributed by atoms with Gasteiger partial charge in [-0.2, -0.15) is 0 Å². The second-order valence-corrected chi connectivity index (χ2v) is 3.97. The second kappa shape index (κ2) is 3.66. The van der Waals surface area contributed by atoms with Crippen molar-refractivity contribution in [1.82, 2.24) is 5.32 Å². The molecular formula is C10H17NO2. The predicted octanol–water partition coefficient (Wildman–Crippen LogP) is 0.938. The minimum absolute atomic E-state index is 0.00407. The Hall–Kier alpha value is -0.570. The number of fused-ring (bicyclic) bond motifs is 1. The van der Waals surface area contributed by atoms with Crippen LogP contribution in [0, 0.1) is 11.8 Å². The molecule has 1 aliphatic heterocycles. The van der Waals surface area contributed by atoms with E-state index in [0.29, 0.717) is 18.6 Å². The zero-order valence-electron chi connectivity index (χ0n) is 8.08. The molecule has 3 nitrogen and oxygen atoms in total. The van der Waals surface area contributed by atoms with Gasteiger partial charge in [0.1, 0.15) is 0 Å². The van der Waals surface area contributed by atoms with Gasteiger partial charge in [0.2, 0.25) is 0 Å². The van der Waals surface area contributed by atoms with Crippen molar-refractivity contribution in [3.8, 4) is 0 Å². The molecule has 2 aliphatic rings. The first kappa shape index (κ1) is 9.00. The molecule has 2 rings (SSSR count). The molecule has 13 heavy (non-hydrogen) atoms. The molecule has 2 fully saturated rings. The van der Waals surface area contributed by atoms with Gasteiger partial charge in [0.15, 0.2) is 0 Å². The molecule has 1 N–H and O–H groups in total. The largest absolute Gasteiger partial charge is 0.466 e. The Kier molecular flexibility index (Phi) is 2.54. The van der Waals surface area contributed by atoms with E-state index in [-0.39, 0.29) is 11.9 Å². The van der Waals surface area contributed by atoms with Crippen LogP contribution in [-0.4, -0.2) is 25.2 Å². The second-order valence-electron chi connectivity index (χ2n) is 3.97. The molecule has 3 heteroatoms. The first-order valence-corrected chi connectivity index (χ1v) is 5.23. The minimum Gasteiger partial charge on any atom is -0.466 e. The van der Waals surface area contributed by atoms with Crippen LogP contribution in [0.25, 0.3) is 0 Å². The van der Waals surface area contributed by atoms with Crippen LogP contribution in [-0.2, 0) is 9.53 Å². The molecule has 0 aromatic rings. The number of hydrogen-bond donors (Lipinski definition) is 1. The quantitative estimate of drug-likeness (QED) is 0.647. The molecule has 3 atom stereocenters. The zero-order valence-corrected chi connectivity index (χ0v) is 8.08. The minimum atomic E-state index is 0.00407. The van der Waals surface area contributed by atoms with Crippen LogP contribution in [0.1, 0.15) is 26.2 Å². The highest BCUT2D eigenvalue weighted by Crippen LogP contribution is 2.36. The lowest BCUT2D eigenvalue weighted by atomic mass is 9.93. The summed E-state index contributed by atoms with van der Waals surface area (Å²) in [5.74, 6) is 0.691. The summed E-state index contributed by atoms with van der Waals surface area (Å²) < 4.78 is 5.06. The van der Waals surface area contributed by atoms with Crippen LogP contribution in [0.15, 0.2) is 0 Å². The SMILES string of the molecule is CCOC(=O)C1CNC2CCCC21. The number of rotatable bonds is 2. The van der Waals surface area contributed by atoms with E-state index in [1.807, 2.05) is 6.92 Å². The average Bonchev–Trinajstić information content (AvgIpc) is 2.62. The lowest BCUT2D eigenvalue weighted by Gasteiger charge is -2.15. The highest BCUT2D eigenvalue weighted by molar-refractivity contribution is 5.73. The van der Waals surface area contributed by atoms with Gasteiger partial charge < -0.3 is 10.1 Å². The first-order valence-electron chi connectivity index (χ1n) is 5.23. The van der Waals surface area contributed by atoms with Crippen LogP contribution in [0.3, 0.4) is 0 Å². The van der Waals surface area contributed by atoms with Gasteiger partial charge >= 0.3 is 5.97 Å². The van der Waals surface area contributed by atoms with Crippen LogP contribution < -0.4 is 5.32 Å². The van der Waals surface area contributed by atoms with Crippen molar-refractivity contribution in [2.24, 2.45) is 11.8 Å². The van der Waals surface area contributed by atoms with E-state index in [4.69, 9.17) is 4.74 Å². The maximum absolute atomic E-state index is 11.5. The van der Waals surface area contributed by atoms with E-state index in [0.717, 1.165) is 6.54 Å². The maximum Gasteiger partial charge on any atom is 0.310 e. The molecule has 0 aromatic carbocycles. The highest BCUT2D eigenvalue weighted by atomic mass is 16.5. The Morgan fingerprint density at radius 2 is 2.38 bits per heavy atom. The summed E-state index contributed by atoms with van der Waals surface area (Å²) in [6.07, 6.45) is 3.69. The third-order valence-corrected chi connectivity index (χ3v) is 3.28. The van der Waals surface area contributed by atoms with E-state index in [2.05, 4.69) is 5.32 Å². The molecular weight excluding hydrogens is 166 g/mol. The summed E-state index contributed by atoms with van der Waals surface area (Å²) >= 11 is 0. The van der Waals surface area contributed by atoms with Gasteiger partial charge in [0, 0.05) is 12.6 Å². The monoisotopic (exact) mass is 183 g/mol. The molecule has 0 aromatic heterocycles. The van der Waals surface area contributed by atoms with Crippen molar-refractivity contribution >= 4 is 5.97 Å². The first-order chi connectivity index (χ1) is 6.33. The van der Waals surface area contributed by atoms with Gasteiger partial charge in [-0.1, -0.05) is 6.42 Å². The third-order valence-electron chi connectivity index (χ3n) is 3.28. The smallest absolute Gasteiger partial charge is 0.310 e. The molecule has 0 spiro atoms. The Labute approximate surface area is 78.8 Å². The number of carbonyl (C=O) groups excluding carboxylic acids is 1. The van der Waals surface area contributed by atoms with E-state index in [9.17, 15) is 4.79 Å². The fourth-order valence-electron chi connectivity index (χ4n) is 2.66. The molecule has 1 aliphatic carbocycles. The van der Waals surface area contributed by atoms with Crippen LogP contribution in [0.2, 0.25) is 0 Å². The number of hydrogen-bond acceptors (Lipinski definition) is 3. The fraction of sp³-hybridized carbons (Fsp3) is 0.900. The molecule has 1 saturated carbocycles. The average molecular weight is 183 g/mol. The Morgan fingerprint density at radius 1 is 1.54 bits per heavy atom. The summed E-state index contributed by atoms with van der Waals surface area (Å²) in [6.45, 7) is 3.20. The molecule has 0 radical (unpaired) electrons. The van der Waals surface area contributed by atoms with Crippen molar-refractivity contribution in [2.75, 3.05) is 13.2 Å². The normalized spacial score (nSPS) is 37.5. The van der Waals surface area contributed by atoms with Crippen LogP contribution in [0.4, 0.5) is 0 Å². The van der Waals surface area contributed by atoms with Crippen molar-refractivity contribution in [1.29, 1.82) is 0 Å². The summed E-state index contributed by atoms with van der Waals surface area (Å²) in [5.41, 5.74) is 0. The lowest BCUT2D eigenvalue weighted by Crippen LogP contribution is -2.24. The molecule has 0 bridgehead atoms. The highest BCUT2D eigenvalue weighted by Gasteiger charge is 2.43. The Morgan fingerprint density at radius 3 is 3.15 bits per heavy atom. The van der Waals surface area contributed by atoms with Crippen LogP contribution >= 0.6 is 0 Å². The summed E-state index contributed by atoms with van der Waals surface area (Å²) in [4.78, 5) is 11.5. The van der Waals surface area contributed by atoms with Gasteiger partial charge in [-0.15, -0.1) is 0 Å². The summed E-state index contributed by atoms with van der Waals surface area (Å²) in [7, 11) is 0. The van der Waals surface area contributed by atoms with Gasteiger partial charge in [-0.3, -0.25) is 4.79 Å². The maximum atomic E-state index is 11.5. The van der Waals surface area contributed by atoms with Crippen LogP contribution in [0.5, 0.6) is 0 Å². The van der Waals surface area contributed by atoms with Crippen molar-refractivity contribution in [2.45, 2.75) is 32.2 Å². The van der Waals surface area contributed by atoms with Gasteiger partial charge in [-0.25, -0.2) is 0 Å². The molecule has 74 valence electrons. The predicted molar refractivity (Wildman–Crippen MR) is 49.3 cm³/mol. The molecule has 0 amide bonds. The van der Waals surface area contributed by atoms with Gasteiger partial charge in [0.25, 0.3) is 0 Å². The van der Waals surface area contributed by atoms with Crippen molar-refractivity contribution in [3.63, 3.8) is 0 Å². The van der Waals surface area contributed by atoms with Gasteiger partial charge in [-0.05, 0) is 25.7 Å². The molecule has 3 unspecified atom stereocenters. The van der Waals surface area contributed by atoms with Gasteiger partial charge in [0.05, 0.1) is 12.5 Å². The van der Waals surface area contributed by atoms with E-state index < -0.39 is 0 Å². The van der Waals surface area contributed by atoms with E-state index in [1.54, 1.807) is 0 Å². The third kappa shape index (κ3) is 1.57.